The molecule has 0 bridgehead atoms. The van der Waals surface area contributed by atoms with E-state index in [2.05, 4.69) is 20.6 Å². The maximum Gasteiger partial charge on any atom is 0.190 e. The molecule has 6 nitrogen and oxygen atoms in total. The number of benzene rings is 1. The van der Waals surface area contributed by atoms with Crippen LogP contribution in [-0.2, 0) is 16.3 Å². The van der Waals surface area contributed by atoms with Crippen molar-refractivity contribution in [2.45, 2.75) is 22.1 Å². The van der Waals surface area contributed by atoms with E-state index in [0.29, 0.717) is 4.90 Å². The summed E-state index contributed by atoms with van der Waals surface area (Å²) in [5, 5.41) is 8.55. The summed E-state index contributed by atoms with van der Waals surface area (Å²) in [6.07, 6.45) is 4.86. The van der Waals surface area contributed by atoms with E-state index < -0.39 is 9.84 Å². The van der Waals surface area contributed by atoms with Gasteiger partial charge in [0.1, 0.15) is 4.34 Å². The maximum atomic E-state index is 11.5. The summed E-state index contributed by atoms with van der Waals surface area (Å²) in [7, 11) is -1.39. The third kappa shape index (κ3) is 7.35. The van der Waals surface area contributed by atoms with Crippen molar-refractivity contribution in [2.24, 2.45) is 4.99 Å². The number of nitrogens with zero attached hydrogens (tertiary/aromatic N) is 2. The Labute approximate surface area is 163 Å². The number of sulfone groups is 1. The number of aliphatic imine (C=N–C) groups is 1. The summed E-state index contributed by atoms with van der Waals surface area (Å²) < 4.78 is 24.0. The van der Waals surface area contributed by atoms with Crippen LogP contribution in [0.15, 0.2) is 50.1 Å². The number of hydrogen-bond acceptors (Lipinski definition) is 6. The van der Waals surface area contributed by atoms with Crippen LogP contribution in [-0.4, -0.2) is 51.5 Å². The number of thioether (sulfide) groups is 1. The van der Waals surface area contributed by atoms with Crippen LogP contribution in [0.25, 0.3) is 0 Å². The van der Waals surface area contributed by atoms with Crippen molar-refractivity contribution < 1.29 is 8.42 Å². The van der Waals surface area contributed by atoms with Crippen molar-refractivity contribution in [3.05, 3.63) is 41.4 Å². The van der Waals surface area contributed by atoms with Crippen LogP contribution in [0.1, 0.15) is 12.0 Å². The van der Waals surface area contributed by atoms with Crippen LogP contribution in [0.2, 0.25) is 0 Å². The normalized spacial score (nSPS) is 12.2. The molecular weight excluding hydrogens is 388 g/mol. The summed E-state index contributed by atoms with van der Waals surface area (Å²) in [5.74, 6) is 1.79. The highest BCUT2D eigenvalue weighted by Crippen LogP contribution is 2.20. The predicted molar refractivity (Wildman–Crippen MR) is 110 cm³/mol. The summed E-state index contributed by atoms with van der Waals surface area (Å²) in [4.78, 5) is 8.81. The van der Waals surface area contributed by atoms with E-state index in [4.69, 9.17) is 0 Å². The Morgan fingerprint density at radius 1 is 1.23 bits per heavy atom. The molecule has 0 aliphatic rings. The van der Waals surface area contributed by atoms with Crippen molar-refractivity contribution >= 4 is 38.9 Å². The summed E-state index contributed by atoms with van der Waals surface area (Å²) >= 11 is 3.43. The van der Waals surface area contributed by atoms with Crippen LogP contribution in [0, 0.1) is 0 Å². The lowest BCUT2D eigenvalue weighted by Gasteiger charge is -2.11. The highest BCUT2D eigenvalue weighted by Gasteiger charge is 2.06. The summed E-state index contributed by atoms with van der Waals surface area (Å²) in [5.41, 5.74) is 1.08. The zero-order chi connectivity index (χ0) is 18.8. The topological polar surface area (TPSA) is 83.4 Å². The molecule has 1 heterocycles. The smallest absolute Gasteiger partial charge is 0.190 e. The highest BCUT2D eigenvalue weighted by molar-refractivity contribution is 8.01. The second-order valence-corrected chi connectivity index (χ2v) is 9.84. The number of guanidine groups is 1. The first-order valence-electron chi connectivity index (χ1n) is 8.25. The zero-order valence-electron chi connectivity index (χ0n) is 14.9. The molecule has 0 atom stereocenters. The number of thiazole rings is 1. The number of rotatable bonds is 9. The molecule has 0 aliphatic heterocycles. The van der Waals surface area contributed by atoms with E-state index in [1.807, 2.05) is 23.7 Å². The lowest BCUT2D eigenvalue weighted by Crippen LogP contribution is -2.38. The first-order valence-corrected chi connectivity index (χ1v) is 12.0. The zero-order valence-corrected chi connectivity index (χ0v) is 17.4. The fraction of sp³-hybridized carbons (Fsp3) is 0.412. The first kappa shape index (κ1) is 20.7. The van der Waals surface area contributed by atoms with Crippen molar-refractivity contribution in [3.8, 4) is 0 Å². The Morgan fingerprint density at radius 3 is 2.58 bits per heavy atom. The lowest BCUT2D eigenvalue weighted by molar-refractivity contribution is 0.602. The fourth-order valence-electron chi connectivity index (χ4n) is 2.17. The quantitative estimate of drug-likeness (QED) is 0.285. The highest BCUT2D eigenvalue weighted by atomic mass is 32.2. The molecule has 0 fully saturated rings. The van der Waals surface area contributed by atoms with Gasteiger partial charge in [-0.1, -0.05) is 23.9 Å². The Balaban J connectivity index is 1.63. The van der Waals surface area contributed by atoms with Gasteiger partial charge in [-0.25, -0.2) is 13.4 Å². The van der Waals surface area contributed by atoms with Gasteiger partial charge in [0.25, 0.3) is 0 Å². The second-order valence-electron chi connectivity index (χ2n) is 5.59. The molecule has 26 heavy (non-hydrogen) atoms. The first-order chi connectivity index (χ1) is 12.5. The van der Waals surface area contributed by atoms with Gasteiger partial charge >= 0.3 is 0 Å². The Bertz CT molecular complexity index is 788. The third-order valence-corrected chi connectivity index (χ3v) is 6.71. The summed E-state index contributed by atoms with van der Waals surface area (Å²) in [6.45, 7) is 1.58. The predicted octanol–water partition coefficient (Wildman–Crippen LogP) is 2.44. The fourth-order valence-corrected chi connectivity index (χ4v) is 4.45. The van der Waals surface area contributed by atoms with Gasteiger partial charge in [-0.15, -0.1) is 11.3 Å². The van der Waals surface area contributed by atoms with Crippen LogP contribution >= 0.6 is 23.1 Å². The number of nitrogens with one attached hydrogen (secondary N) is 2. The van der Waals surface area contributed by atoms with Crippen LogP contribution in [0.5, 0.6) is 0 Å². The van der Waals surface area contributed by atoms with Crippen LogP contribution in [0.3, 0.4) is 0 Å². The summed E-state index contributed by atoms with van der Waals surface area (Å²) in [6, 6.07) is 7.00. The molecule has 0 aliphatic carbocycles. The molecule has 1 aromatic heterocycles. The minimum atomic E-state index is -3.14. The molecule has 142 valence electrons. The Kier molecular flexibility index (Phi) is 8.40. The van der Waals surface area contributed by atoms with Gasteiger partial charge in [0.15, 0.2) is 15.8 Å². The molecule has 0 unspecified atom stereocenters. The molecule has 0 amide bonds. The van der Waals surface area contributed by atoms with Gasteiger partial charge in [0, 0.05) is 43.7 Å². The molecule has 2 rings (SSSR count). The van der Waals surface area contributed by atoms with Crippen molar-refractivity contribution in [1.82, 2.24) is 15.6 Å². The van der Waals surface area contributed by atoms with E-state index in [1.165, 1.54) is 6.26 Å². The van der Waals surface area contributed by atoms with Gasteiger partial charge in [-0.2, -0.15) is 0 Å². The molecule has 0 spiro atoms. The average molecular weight is 413 g/mol. The van der Waals surface area contributed by atoms with Crippen molar-refractivity contribution in [2.75, 3.05) is 32.1 Å². The molecule has 2 N–H and O–H groups in total. The van der Waals surface area contributed by atoms with Crippen molar-refractivity contribution in [1.29, 1.82) is 0 Å². The molecule has 0 radical (unpaired) electrons. The van der Waals surface area contributed by atoms with Gasteiger partial charge in [-0.3, -0.25) is 4.99 Å². The van der Waals surface area contributed by atoms with Gasteiger partial charge in [-0.05, 0) is 30.5 Å². The minimum absolute atomic E-state index is 0.349. The van der Waals surface area contributed by atoms with E-state index in [-0.39, 0.29) is 0 Å². The minimum Gasteiger partial charge on any atom is -0.356 e. The molecule has 0 saturated carbocycles. The number of hydrogen-bond donors (Lipinski definition) is 2. The Morgan fingerprint density at radius 2 is 1.96 bits per heavy atom. The van der Waals surface area contributed by atoms with Crippen molar-refractivity contribution in [3.63, 3.8) is 0 Å². The van der Waals surface area contributed by atoms with Gasteiger partial charge in [0.2, 0.25) is 0 Å². The molecule has 1 aromatic carbocycles. The van der Waals surface area contributed by atoms with E-state index >= 15 is 0 Å². The lowest BCUT2D eigenvalue weighted by atomic mass is 10.1. The van der Waals surface area contributed by atoms with E-state index in [1.54, 1.807) is 42.3 Å². The second kappa shape index (κ2) is 10.5. The largest absolute Gasteiger partial charge is 0.356 e. The van der Waals surface area contributed by atoms with Crippen LogP contribution < -0.4 is 10.6 Å². The standard InChI is InChI=1S/C17H24N4O2S3/c1-18-16(19-9-3-12-24-17-21-11-13-25-17)20-10-8-14-4-6-15(7-5-14)26(2,22)23/h4-7,11,13H,3,8-10,12H2,1-2H3,(H2,18,19,20). The molecule has 0 saturated heterocycles. The number of aromatic nitrogens is 1. The van der Waals surface area contributed by atoms with E-state index in [9.17, 15) is 8.42 Å². The average Bonchev–Trinajstić information content (AvgIpc) is 3.13. The third-order valence-electron chi connectivity index (χ3n) is 3.53. The molecular formula is C17H24N4O2S3. The monoisotopic (exact) mass is 412 g/mol. The molecule has 9 heteroatoms. The van der Waals surface area contributed by atoms with Gasteiger partial charge < -0.3 is 10.6 Å². The van der Waals surface area contributed by atoms with E-state index in [0.717, 1.165) is 47.5 Å². The SMILES string of the molecule is CN=C(NCCCSc1nccs1)NCCc1ccc(S(C)(=O)=O)cc1. The van der Waals surface area contributed by atoms with Gasteiger partial charge in [0.05, 0.1) is 4.90 Å². The maximum absolute atomic E-state index is 11.5. The Hall–Kier alpha value is -1.58. The molecule has 2 aromatic rings. The van der Waals surface area contributed by atoms with Crippen LogP contribution in [0.4, 0.5) is 0 Å².